The summed E-state index contributed by atoms with van der Waals surface area (Å²) < 4.78 is 44.3. The molecule has 2 aromatic carbocycles. The highest BCUT2D eigenvalue weighted by Gasteiger charge is 2.23. The van der Waals surface area contributed by atoms with Crippen LogP contribution in [0.2, 0.25) is 5.02 Å². The van der Waals surface area contributed by atoms with Crippen LogP contribution in [0.15, 0.2) is 30.3 Å². The number of ether oxygens (including phenoxy) is 1. The molecule has 2 aromatic rings. The van der Waals surface area contributed by atoms with Crippen LogP contribution in [0.25, 0.3) is 0 Å². The van der Waals surface area contributed by atoms with Gasteiger partial charge in [0.15, 0.2) is 23.6 Å². The minimum Gasteiger partial charge on any atom is -0.507 e. The summed E-state index contributed by atoms with van der Waals surface area (Å²) in [5.41, 5.74) is -0.843. The number of phenols is 1. The minimum absolute atomic E-state index is 0.189. The standard InChI is InChI=1S/C16H11ClF3NO4/c1-7(25-16(24)9-3-2-8(17)6-12(9)22)15(23)21-11-5-4-10(18)13(19)14(11)20/h2-7,22H,1H3,(H,21,23)/t7-/m1/s1. The van der Waals surface area contributed by atoms with E-state index >= 15 is 0 Å². The molecule has 0 aliphatic heterocycles. The lowest BCUT2D eigenvalue weighted by atomic mass is 10.2. The number of phenolic OH excluding ortho intramolecular Hbond substituents is 1. The maximum absolute atomic E-state index is 13.5. The molecule has 132 valence electrons. The van der Waals surface area contributed by atoms with Crippen molar-refractivity contribution in [1.82, 2.24) is 0 Å². The third-order valence-corrected chi connectivity index (χ3v) is 3.36. The van der Waals surface area contributed by atoms with Gasteiger partial charge in [0.05, 0.1) is 5.69 Å². The van der Waals surface area contributed by atoms with E-state index in [1.807, 2.05) is 5.32 Å². The Bertz CT molecular complexity index is 844. The number of hydrogen-bond acceptors (Lipinski definition) is 4. The highest BCUT2D eigenvalue weighted by Crippen LogP contribution is 2.23. The van der Waals surface area contributed by atoms with Crippen molar-refractivity contribution in [2.24, 2.45) is 0 Å². The van der Waals surface area contributed by atoms with Gasteiger partial charge in [0.25, 0.3) is 5.91 Å². The topological polar surface area (TPSA) is 75.6 Å². The molecule has 0 saturated carbocycles. The van der Waals surface area contributed by atoms with Crippen LogP contribution in [-0.2, 0) is 9.53 Å². The third kappa shape index (κ3) is 4.21. The normalized spacial score (nSPS) is 11.7. The fourth-order valence-electron chi connectivity index (χ4n) is 1.81. The van der Waals surface area contributed by atoms with Crippen LogP contribution in [-0.4, -0.2) is 23.1 Å². The van der Waals surface area contributed by atoms with Crippen LogP contribution in [0.1, 0.15) is 17.3 Å². The molecule has 0 bridgehead atoms. The number of rotatable bonds is 4. The number of nitrogens with one attached hydrogen (secondary N) is 1. The predicted octanol–water partition coefficient (Wildman–Crippen LogP) is 3.65. The van der Waals surface area contributed by atoms with Crippen molar-refractivity contribution in [2.75, 3.05) is 5.32 Å². The van der Waals surface area contributed by atoms with Crippen molar-refractivity contribution in [2.45, 2.75) is 13.0 Å². The molecule has 0 fully saturated rings. The number of hydrogen-bond donors (Lipinski definition) is 2. The summed E-state index contributed by atoms with van der Waals surface area (Å²) in [7, 11) is 0. The molecule has 0 spiro atoms. The molecular formula is C16H11ClF3NO4. The average molecular weight is 374 g/mol. The molecular weight excluding hydrogens is 363 g/mol. The van der Waals surface area contributed by atoms with Crippen LogP contribution < -0.4 is 5.32 Å². The highest BCUT2D eigenvalue weighted by molar-refractivity contribution is 6.30. The second-order valence-corrected chi connectivity index (χ2v) is 5.36. The molecule has 0 aliphatic carbocycles. The van der Waals surface area contributed by atoms with Gasteiger partial charge in [-0.15, -0.1) is 0 Å². The Hall–Kier alpha value is -2.74. The summed E-state index contributed by atoms with van der Waals surface area (Å²) in [5, 5.41) is 11.8. The van der Waals surface area contributed by atoms with Gasteiger partial charge in [-0.3, -0.25) is 4.79 Å². The number of esters is 1. The summed E-state index contributed by atoms with van der Waals surface area (Å²) in [5.74, 6) is -7.19. The summed E-state index contributed by atoms with van der Waals surface area (Å²) in [6.45, 7) is 1.18. The number of halogens is 4. The van der Waals surface area contributed by atoms with Gasteiger partial charge in [-0.05, 0) is 37.3 Å². The van der Waals surface area contributed by atoms with Gasteiger partial charge in [0.2, 0.25) is 0 Å². The average Bonchev–Trinajstić information content (AvgIpc) is 2.55. The largest absolute Gasteiger partial charge is 0.507 e. The summed E-state index contributed by atoms with van der Waals surface area (Å²) >= 11 is 5.64. The Morgan fingerprint density at radius 2 is 1.84 bits per heavy atom. The van der Waals surface area contributed by atoms with Crippen molar-refractivity contribution < 1.29 is 32.6 Å². The number of carbonyl (C=O) groups is 2. The molecule has 25 heavy (non-hydrogen) atoms. The Morgan fingerprint density at radius 3 is 2.48 bits per heavy atom. The molecule has 9 heteroatoms. The maximum atomic E-state index is 13.5. The fraction of sp³-hybridized carbons (Fsp3) is 0.125. The Balaban J connectivity index is 2.08. The van der Waals surface area contributed by atoms with E-state index in [4.69, 9.17) is 16.3 Å². The van der Waals surface area contributed by atoms with Gasteiger partial charge in [-0.2, -0.15) is 0 Å². The summed E-state index contributed by atoms with van der Waals surface area (Å²) in [6.07, 6.45) is -1.41. The van der Waals surface area contributed by atoms with Crippen molar-refractivity contribution in [3.8, 4) is 5.75 Å². The lowest BCUT2D eigenvalue weighted by molar-refractivity contribution is -0.123. The first-order chi connectivity index (χ1) is 11.7. The van der Waals surface area contributed by atoms with Crippen LogP contribution >= 0.6 is 11.6 Å². The Kier molecular flexibility index (Phi) is 5.53. The first-order valence-electron chi connectivity index (χ1n) is 6.84. The van der Waals surface area contributed by atoms with Gasteiger partial charge in [-0.25, -0.2) is 18.0 Å². The van der Waals surface area contributed by atoms with E-state index < -0.39 is 46.9 Å². The van der Waals surface area contributed by atoms with Crippen molar-refractivity contribution in [3.05, 3.63) is 58.4 Å². The molecule has 0 aromatic heterocycles. The van der Waals surface area contributed by atoms with Gasteiger partial charge < -0.3 is 15.2 Å². The zero-order chi connectivity index (χ0) is 18.7. The molecule has 2 rings (SSSR count). The second-order valence-electron chi connectivity index (χ2n) is 4.92. The van der Waals surface area contributed by atoms with E-state index in [2.05, 4.69) is 0 Å². The third-order valence-electron chi connectivity index (χ3n) is 3.13. The monoisotopic (exact) mass is 373 g/mol. The molecule has 0 radical (unpaired) electrons. The molecule has 1 amide bonds. The van der Waals surface area contributed by atoms with Crippen molar-refractivity contribution in [1.29, 1.82) is 0 Å². The lowest BCUT2D eigenvalue weighted by Gasteiger charge is -2.14. The van der Waals surface area contributed by atoms with E-state index in [9.17, 15) is 27.9 Å². The molecule has 2 N–H and O–H groups in total. The zero-order valence-corrected chi connectivity index (χ0v) is 13.4. The Morgan fingerprint density at radius 1 is 1.16 bits per heavy atom. The van der Waals surface area contributed by atoms with E-state index in [1.54, 1.807) is 0 Å². The molecule has 0 saturated heterocycles. The summed E-state index contributed by atoms with van der Waals surface area (Å²) in [6, 6.07) is 5.10. The van der Waals surface area contributed by atoms with Gasteiger partial charge in [0.1, 0.15) is 11.3 Å². The first-order valence-corrected chi connectivity index (χ1v) is 7.22. The van der Waals surface area contributed by atoms with Crippen LogP contribution in [0.5, 0.6) is 5.75 Å². The van der Waals surface area contributed by atoms with E-state index in [0.29, 0.717) is 6.07 Å². The summed E-state index contributed by atoms with van der Waals surface area (Å²) in [4.78, 5) is 23.8. The smallest absolute Gasteiger partial charge is 0.342 e. The van der Waals surface area contributed by atoms with Crippen LogP contribution in [0, 0.1) is 17.5 Å². The van der Waals surface area contributed by atoms with E-state index in [-0.39, 0.29) is 10.6 Å². The molecule has 0 unspecified atom stereocenters. The number of aromatic hydroxyl groups is 1. The zero-order valence-electron chi connectivity index (χ0n) is 12.6. The quantitative estimate of drug-likeness (QED) is 0.633. The highest BCUT2D eigenvalue weighted by atomic mass is 35.5. The first kappa shape index (κ1) is 18.6. The minimum atomic E-state index is -1.74. The molecule has 0 heterocycles. The van der Waals surface area contributed by atoms with E-state index in [1.165, 1.54) is 19.1 Å². The fourth-order valence-corrected chi connectivity index (χ4v) is 1.98. The maximum Gasteiger partial charge on any atom is 0.342 e. The van der Waals surface area contributed by atoms with Crippen LogP contribution in [0.3, 0.4) is 0 Å². The number of anilines is 1. The van der Waals surface area contributed by atoms with Gasteiger partial charge in [-0.1, -0.05) is 11.6 Å². The predicted molar refractivity (Wildman–Crippen MR) is 82.9 cm³/mol. The SMILES string of the molecule is C[C@@H](OC(=O)c1ccc(Cl)cc1O)C(=O)Nc1ccc(F)c(F)c1F. The van der Waals surface area contributed by atoms with E-state index in [0.717, 1.165) is 12.1 Å². The van der Waals surface area contributed by atoms with Crippen LogP contribution in [0.4, 0.5) is 18.9 Å². The number of amides is 1. The molecule has 0 aliphatic rings. The van der Waals surface area contributed by atoms with Gasteiger partial charge >= 0.3 is 5.97 Å². The number of carbonyl (C=O) groups excluding carboxylic acids is 2. The van der Waals surface area contributed by atoms with Gasteiger partial charge in [0, 0.05) is 5.02 Å². The molecule has 5 nitrogen and oxygen atoms in total. The lowest BCUT2D eigenvalue weighted by Crippen LogP contribution is -2.30. The van der Waals surface area contributed by atoms with Crippen molar-refractivity contribution >= 4 is 29.2 Å². The molecule has 1 atom stereocenters. The Labute approximate surface area is 145 Å². The van der Waals surface area contributed by atoms with Crippen molar-refractivity contribution in [3.63, 3.8) is 0 Å². The second kappa shape index (κ2) is 7.43. The number of benzene rings is 2.